The van der Waals surface area contributed by atoms with E-state index in [1.54, 1.807) is 0 Å². The van der Waals surface area contributed by atoms with E-state index in [4.69, 9.17) is 0 Å². The van der Waals surface area contributed by atoms with E-state index in [0.29, 0.717) is 0 Å². The summed E-state index contributed by atoms with van der Waals surface area (Å²) < 4.78 is 1.28. The van der Waals surface area contributed by atoms with Crippen LogP contribution in [0.4, 0.5) is 0 Å². The molecule has 0 spiro atoms. The van der Waals surface area contributed by atoms with E-state index >= 15 is 0 Å². The summed E-state index contributed by atoms with van der Waals surface area (Å²) in [6.45, 7) is 16.9. The number of hydrogen-bond acceptors (Lipinski definition) is 2. The first-order valence-electron chi connectivity index (χ1n) is 6.08. The van der Waals surface area contributed by atoms with E-state index in [1.165, 1.54) is 44.5 Å². The second-order valence-electron chi connectivity index (χ2n) is 3.97. The van der Waals surface area contributed by atoms with Crippen LogP contribution in [0, 0.1) is 0 Å². The van der Waals surface area contributed by atoms with Crippen LogP contribution in [0.15, 0.2) is 11.8 Å². The Morgan fingerprint density at radius 3 is 1.31 bits per heavy atom. The van der Waals surface area contributed by atoms with Gasteiger partial charge in [-0.25, -0.2) is 0 Å². The number of hydrogen-bond donors (Lipinski definition) is 0. The first-order valence-corrected chi connectivity index (χ1v) is 6.08. The molecule has 0 saturated carbocycles. The minimum Gasteiger partial charge on any atom is -0.876 e. The Morgan fingerprint density at radius 1 is 1.00 bits per heavy atom. The third-order valence-corrected chi connectivity index (χ3v) is 3.09. The minimum atomic E-state index is -0.187. The van der Waals surface area contributed by atoms with Crippen LogP contribution in [-0.2, 0) is 4.79 Å². The highest BCUT2D eigenvalue weighted by Gasteiger charge is 2.16. The molecule has 0 unspecified atom stereocenters. The fraction of sp³-hybridized carbons (Fsp3) is 0.769. The number of carbonyl (C=O) groups is 1. The minimum absolute atomic E-state index is 0.187. The van der Waals surface area contributed by atoms with Crippen molar-refractivity contribution in [2.45, 2.75) is 41.5 Å². The topological polar surface area (TPSA) is 40.1 Å². The van der Waals surface area contributed by atoms with E-state index in [0.717, 1.165) is 6.08 Å². The van der Waals surface area contributed by atoms with Gasteiger partial charge in [0.25, 0.3) is 0 Å². The largest absolute Gasteiger partial charge is 0.876 e. The number of carbonyl (C=O) groups excluding carboxylic acids is 1. The van der Waals surface area contributed by atoms with Crippen molar-refractivity contribution >= 4 is 5.78 Å². The van der Waals surface area contributed by atoms with Crippen LogP contribution >= 0.6 is 0 Å². The lowest BCUT2D eigenvalue weighted by atomic mass is 10.3. The molecule has 0 aliphatic rings. The Kier molecular flexibility index (Phi) is 10.3. The quantitative estimate of drug-likeness (QED) is 0.409. The van der Waals surface area contributed by atoms with Crippen LogP contribution in [0.2, 0.25) is 0 Å². The molecule has 0 rings (SSSR count). The summed E-state index contributed by atoms with van der Waals surface area (Å²) in [5.41, 5.74) is 0. The molecular weight excluding hydrogens is 202 g/mol. The van der Waals surface area contributed by atoms with Crippen molar-refractivity contribution in [1.29, 1.82) is 0 Å². The number of ketones is 1. The Morgan fingerprint density at radius 2 is 1.31 bits per heavy atom. The van der Waals surface area contributed by atoms with Crippen molar-refractivity contribution in [3.8, 4) is 0 Å². The highest BCUT2D eigenvalue weighted by Crippen LogP contribution is 2.03. The van der Waals surface area contributed by atoms with Gasteiger partial charge in [0, 0.05) is 0 Å². The zero-order chi connectivity index (χ0) is 13.2. The number of quaternary nitrogens is 1. The number of rotatable bonds is 5. The highest BCUT2D eigenvalue weighted by molar-refractivity contribution is 5.87. The van der Waals surface area contributed by atoms with E-state index in [9.17, 15) is 9.90 Å². The predicted octanol–water partition coefficient (Wildman–Crippen LogP) is 1.72. The van der Waals surface area contributed by atoms with Crippen LogP contribution < -0.4 is 5.11 Å². The van der Waals surface area contributed by atoms with Crippen molar-refractivity contribution in [2.75, 3.05) is 26.2 Å². The molecule has 0 bridgehead atoms. The van der Waals surface area contributed by atoms with Gasteiger partial charge in [0.05, 0.1) is 26.2 Å². The Labute approximate surface area is 100 Å². The summed E-state index contributed by atoms with van der Waals surface area (Å²) in [5.74, 6) is -0.375. The molecule has 3 nitrogen and oxygen atoms in total. The lowest BCUT2D eigenvalue weighted by Crippen LogP contribution is -2.47. The molecule has 0 N–H and O–H groups in total. The van der Waals surface area contributed by atoms with Crippen LogP contribution in [0.25, 0.3) is 0 Å². The van der Waals surface area contributed by atoms with Gasteiger partial charge < -0.3 is 9.59 Å². The molecule has 0 saturated heterocycles. The van der Waals surface area contributed by atoms with Crippen LogP contribution in [0.1, 0.15) is 41.5 Å². The van der Waals surface area contributed by atoms with Gasteiger partial charge in [-0.2, -0.15) is 0 Å². The number of nitrogens with zero attached hydrogens (tertiary/aromatic N) is 1. The molecule has 96 valence electrons. The van der Waals surface area contributed by atoms with Gasteiger partial charge in [0.1, 0.15) is 0 Å². The van der Waals surface area contributed by atoms with Crippen molar-refractivity contribution < 1.29 is 14.4 Å². The van der Waals surface area contributed by atoms with Crippen LogP contribution in [0.5, 0.6) is 0 Å². The Bertz CT molecular complexity index is 196. The zero-order valence-corrected chi connectivity index (χ0v) is 11.7. The highest BCUT2D eigenvalue weighted by atomic mass is 16.3. The third-order valence-electron chi connectivity index (χ3n) is 3.09. The maximum atomic E-state index is 9.98. The van der Waals surface area contributed by atoms with Gasteiger partial charge in [0.15, 0.2) is 5.78 Å². The molecule has 0 heterocycles. The summed E-state index contributed by atoms with van der Waals surface area (Å²) in [7, 11) is 0. The van der Waals surface area contributed by atoms with Crippen LogP contribution in [0.3, 0.4) is 0 Å². The number of allylic oxidation sites excluding steroid dienone is 2. The smallest absolute Gasteiger partial charge is 0.151 e. The molecule has 0 aromatic rings. The molecule has 0 aliphatic carbocycles. The summed E-state index contributed by atoms with van der Waals surface area (Å²) >= 11 is 0. The van der Waals surface area contributed by atoms with Gasteiger partial charge in [0.2, 0.25) is 0 Å². The summed E-state index contributed by atoms with van der Waals surface area (Å²) in [4.78, 5) is 9.98. The molecule has 0 radical (unpaired) electrons. The monoisotopic (exact) mass is 229 g/mol. The summed E-state index contributed by atoms with van der Waals surface area (Å²) in [6.07, 6.45) is 1.06. The SMILES string of the molecule is CC(=O)/C=C(\C)[O-].CC[N+](CC)(CC)CC. The van der Waals surface area contributed by atoms with E-state index < -0.39 is 0 Å². The summed E-state index contributed by atoms with van der Waals surface area (Å²) in [5, 5.41) is 9.98. The second-order valence-corrected chi connectivity index (χ2v) is 3.97. The second kappa shape index (κ2) is 9.40. The zero-order valence-electron chi connectivity index (χ0n) is 11.7. The molecule has 16 heavy (non-hydrogen) atoms. The normalized spacial score (nSPS) is 11.8. The van der Waals surface area contributed by atoms with Gasteiger partial charge >= 0.3 is 0 Å². The lowest BCUT2D eigenvalue weighted by molar-refractivity contribution is -0.921. The first kappa shape index (κ1) is 17.6. The fourth-order valence-corrected chi connectivity index (χ4v) is 1.63. The average Bonchev–Trinajstić information content (AvgIpc) is 2.21. The van der Waals surface area contributed by atoms with E-state index in [1.807, 2.05) is 0 Å². The predicted molar refractivity (Wildman–Crippen MR) is 66.9 cm³/mol. The molecule has 0 fully saturated rings. The maximum absolute atomic E-state index is 9.98. The third kappa shape index (κ3) is 8.48. The molecule has 0 aromatic heterocycles. The van der Waals surface area contributed by atoms with Crippen molar-refractivity contribution in [2.24, 2.45) is 0 Å². The Balaban J connectivity index is 0. The van der Waals surface area contributed by atoms with Crippen molar-refractivity contribution in [3.63, 3.8) is 0 Å². The van der Waals surface area contributed by atoms with E-state index in [2.05, 4.69) is 27.7 Å². The van der Waals surface area contributed by atoms with Crippen molar-refractivity contribution in [1.82, 2.24) is 0 Å². The summed E-state index contributed by atoms with van der Waals surface area (Å²) in [6, 6.07) is 0. The first-order chi connectivity index (χ1) is 7.37. The molecule has 0 amide bonds. The standard InChI is InChI=1S/C8H20N.C5H8O2/c1-5-9(6-2,7-3)8-4;1-4(6)3-5(2)7/h5-8H2,1-4H3;3,6H,1-2H3/q+1;/p-1/b;4-3+. The molecule has 0 aromatic carbocycles. The molecular formula is C13H27NO2. The van der Waals surface area contributed by atoms with Crippen LogP contribution in [-0.4, -0.2) is 36.4 Å². The Hall–Kier alpha value is -0.830. The molecule has 0 aliphatic heterocycles. The van der Waals surface area contributed by atoms with Gasteiger partial charge in [-0.3, -0.25) is 4.79 Å². The maximum Gasteiger partial charge on any atom is 0.151 e. The van der Waals surface area contributed by atoms with Gasteiger partial charge in [-0.05, 0) is 40.7 Å². The van der Waals surface area contributed by atoms with E-state index in [-0.39, 0.29) is 11.5 Å². The molecule has 0 atom stereocenters. The molecule has 3 heteroatoms. The van der Waals surface area contributed by atoms with Gasteiger partial charge in [-0.1, -0.05) is 6.92 Å². The van der Waals surface area contributed by atoms with Gasteiger partial charge in [-0.15, -0.1) is 5.76 Å². The fourth-order valence-electron chi connectivity index (χ4n) is 1.63. The van der Waals surface area contributed by atoms with Crippen molar-refractivity contribution in [3.05, 3.63) is 11.8 Å². The lowest BCUT2D eigenvalue weighted by Gasteiger charge is -2.34. The average molecular weight is 229 g/mol.